The van der Waals surface area contributed by atoms with Gasteiger partial charge in [0.15, 0.2) is 17.5 Å². The van der Waals surface area contributed by atoms with E-state index in [1.54, 1.807) is 21.3 Å². The van der Waals surface area contributed by atoms with Gasteiger partial charge < -0.3 is 24.4 Å². The fourth-order valence-electron chi connectivity index (χ4n) is 3.83. The van der Waals surface area contributed by atoms with Gasteiger partial charge in [0, 0.05) is 52.9 Å². The van der Waals surface area contributed by atoms with E-state index in [1.807, 2.05) is 7.05 Å². The topological polar surface area (TPSA) is 58.6 Å². The summed E-state index contributed by atoms with van der Waals surface area (Å²) in [4.78, 5) is 9.34. The first-order chi connectivity index (χ1) is 13.7. The third-order valence-corrected chi connectivity index (χ3v) is 5.56. The van der Waals surface area contributed by atoms with E-state index in [2.05, 4.69) is 32.2 Å². The molecule has 156 valence electrons. The molecule has 0 bridgehead atoms. The minimum absolute atomic E-state index is 0.739. The summed E-state index contributed by atoms with van der Waals surface area (Å²) in [7, 11) is 6.99. The molecular formula is C21H34N4O3. The van der Waals surface area contributed by atoms with Crippen molar-refractivity contribution in [2.45, 2.75) is 31.8 Å². The maximum Gasteiger partial charge on any atom is 0.194 e. The van der Waals surface area contributed by atoms with Crippen molar-refractivity contribution < 1.29 is 14.2 Å². The highest BCUT2D eigenvalue weighted by atomic mass is 16.5. The van der Waals surface area contributed by atoms with Crippen LogP contribution < -0.4 is 14.8 Å². The molecule has 0 spiro atoms. The van der Waals surface area contributed by atoms with Crippen molar-refractivity contribution in [2.75, 3.05) is 61.2 Å². The maximum absolute atomic E-state index is 5.47. The van der Waals surface area contributed by atoms with Crippen LogP contribution in [0.5, 0.6) is 11.5 Å². The van der Waals surface area contributed by atoms with Gasteiger partial charge in [0.25, 0.3) is 0 Å². The van der Waals surface area contributed by atoms with Crippen LogP contribution >= 0.6 is 0 Å². The monoisotopic (exact) mass is 390 g/mol. The van der Waals surface area contributed by atoms with E-state index in [-0.39, 0.29) is 0 Å². The van der Waals surface area contributed by atoms with Crippen molar-refractivity contribution in [1.82, 2.24) is 15.1 Å². The van der Waals surface area contributed by atoms with Crippen LogP contribution in [0.25, 0.3) is 0 Å². The Balaban J connectivity index is 1.57. The Morgan fingerprint density at radius 2 is 1.86 bits per heavy atom. The molecule has 0 atom stereocenters. The van der Waals surface area contributed by atoms with Gasteiger partial charge in [-0.3, -0.25) is 9.89 Å². The standard InChI is InChI=1S/C21H34N4O3/c1-22-21(23-8-10-24(11-12-26-2)18-5-6-18)25-9-7-16-13-19(27-3)20(28-4)14-17(16)15-25/h13-14,18H,5-12,15H2,1-4H3,(H,22,23). The van der Waals surface area contributed by atoms with Gasteiger partial charge in [0.2, 0.25) is 0 Å². The average molecular weight is 391 g/mol. The van der Waals surface area contributed by atoms with Crippen LogP contribution in [-0.2, 0) is 17.7 Å². The molecule has 0 amide bonds. The number of benzene rings is 1. The minimum Gasteiger partial charge on any atom is -0.493 e. The van der Waals surface area contributed by atoms with Crippen LogP contribution in [0.3, 0.4) is 0 Å². The van der Waals surface area contributed by atoms with Crippen molar-refractivity contribution in [1.29, 1.82) is 0 Å². The third-order valence-electron chi connectivity index (χ3n) is 5.56. The quantitative estimate of drug-likeness (QED) is 0.512. The molecule has 0 unspecified atom stereocenters. The molecule has 1 aromatic rings. The lowest BCUT2D eigenvalue weighted by atomic mass is 9.99. The first kappa shape index (κ1) is 20.7. The SMILES string of the molecule is CN=C(NCCN(CCOC)C1CC1)N1CCc2cc(OC)c(OC)cc2C1. The number of methoxy groups -OCH3 is 3. The molecule has 1 heterocycles. The molecule has 1 N–H and O–H groups in total. The van der Waals surface area contributed by atoms with Gasteiger partial charge >= 0.3 is 0 Å². The van der Waals surface area contributed by atoms with Crippen molar-refractivity contribution in [3.05, 3.63) is 23.3 Å². The van der Waals surface area contributed by atoms with Gasteiger partial charge in [-0.15, -0.1) is 0 Å². The van der Waals surface area contributed by atoms with Gasteiger partial charge in [-0.2, -0.15) is 0 Å². The first-order valence-electron chi connectivity index (χ1n) is 10.1. The molecule has 0 radical (unpaired) electrons. The zero-order chi connectivity index (χ0) is 19.9. The van der Waals surface area contributed by atoms with Crippen LogP contribution in [0, 0.1) is 0 Å². The molecule has 1 aromatic carbocycles. The zero-order valence-corrected chi connectivity index (χ0v) is 17.7. The Morgan fingerprint density at radius 1 is 1.14 bits per heavy atom. The van der Waals surface area contributed by atoms with E-state index in [0.717, 1.165) is 69.3 Å². The molecule has 0 saturated heterocycles. The molecule has 7 heteroatoms. The van der Waals surface area contributed by atoms with E-state index < -0.39 is 0 Å². The summed E-state index contributed by atoms with van der Waals surface area (Å²) in [5.74, 6) is 2.54. The number of fused-ring (bicyclic) bond motifs is 1. The highest BCUT2D eigenvalue weighted by molar-refractivity contribution is 5.80. The molecule has 1 saturated carbocycles. The molecule has 1 fully saturated rings. The number of ether oxygens (including phenoxy) is 3. The van der Waals surface area contributed by atoms with E-state index in [9.17, 15) is 0 Å². The molecule has 1 aliphatic carbocycles. The van der Waals surface area contributed by atoms with Crippen molar-refractivity contribution in [2.24, 2.45) is 4.99 Å². The predicted octanol–water partition coefficient (Wildman–Crippen LogP) is 1.75. The number of nitrogens with one attached hydrogen (secondary N) is 1. The minimum atomic E-state index is 0.739. The lowest BCUT2D eigenvalue weighted by Crippen LogP contribution is -2.46. The Bertz CT molecular complexity index is 676. The number of hydrogen-bond donors (Lipinski definition) is 1. The second-order valence-electron chi connectivity index (χ2n) is 7.38. The van der Waals surface area contributed by atoms with Crippen molar-refractivity contribution >= 4 is 5.96 Å². The summed E-state index contributed by atoms with van der Waals surface area (Å²) in [6.45, 7) is 5.47. The van der Waals surface area contributed by atoms with E-state index in [0.29, 0.717) is 0 Å². The van der Waals surface area contributed by atoms with Crippen LogP contribution in [0.2, 0.25) is 0 Å². The van der Waals surface area contributed by atoms with Gasteiger partial charge in [0.1, 0.15) is 0 Å². The molecule has 0 aromatic heterocycles. The number of guanidine groups is 1. The molecule has 2 aliphatic rings. The highest BCUT2D eigenvalue weighted by Crippen LogP contribution is 2.33. The smallest absolute Gasteiger partial charge is 0.194 e. The Morgan fingerprint density at radius 3 is 2.46 bits per heavy atom. The van der Waals surface area contributed by atoms with E-state index in [1.165, 1.54) is 24.0 Å². The Kier molecular flexibility index (Phi) is 7.39. The van der Waals surface area contributed by atoms with Crippen molar-refractivity contribution in [3.8, 4) is 11.5 Å². The number of aliphatic imine (C=N–C) groups is 1. The number of nitrogens with zero attached hydrogens (tertiary/aromatic N) is 3. The van der Waals surface area contributed by atoms with Crippen molar-refractivity contribution in [3.63, 3.8) is 0 Å². The summed E-state index contributed by atoms with van der Waals surface area (Å²) >= 11 is 0. The Hall–Kier alpha value is -1.99. The van der Waals surface area contributed by atoms with Crippen LogP contribution in [0.1, 0.15) is 24.0 Å². The van der Waals surface area contributed by atoms with Gasteiger partial charge in [0.05, 0.1) is 20.8 Å². The van der Waals surface area contributed by atoms with Gasteiger partial charge in [-0.05, 0) is 42.5 Å². The number of hydrogen-bond acceptors (Lipinski definition) is 5. The third kappa shape index (κ3) is 5.08. The summed E-state index contributed by atoms with van der Waals surface area (Å²) in [5.41, 5.74) is 2.59. The molecule has 7 nitrogen and oxygen atoms in total. The van der Waals surface area contributed by atoms with Crippen LogP contribution in [0.15, 0.2) is 17.1 Å². The van der Waals surface area contributed by atoms with Crippen LogP contribution in [0.4, 0.5) is 0 Å². The van der Waals surface area contributed by atoms with Gasteiger partial charge in [-0.1, -0.05) is 0 Å². The fourth-order valence-corrected chi connectivity index (χ4v) is 3.83. The Labute approximate surface area is 168 Å². The summed E-state index contributed by atoms with van der Waals surface area (Å²) in [6.07, 6.45) is 3.59. The predicted molar refractivity (Wildman–Crippen MR) is 111 cm³/mol. The largest absolute Gasteiger partial charge is 0.493 e. The van der Waals surface area contributed by atoms with Gasteiger partial charge in [-0.25, -0.2) is 0 Å². The second kappa shape index (κ2) is 9.98. The molecule has 28 heavy (non-hydrogen) atoms. The normalized spacial score (nSPS) is 16.9. The summed E-state index contributed by atoms with van der Waals surface area (Å²) in [6, 6.07) is 4.93. The first-order valence-corrected chi connectivity index (χ1v) is 10.1. The van der Waals surface area contributed by atoms with E-state index >= 15 is 0 Å². The average Bonchev–Trinajstić information content (AvgIpc) is 3.57. The zero-order valence-electron chi connectivity index (χ0n) is 17.7. The second-order valence-corrected chi connectivity index (χ2v) is 7.38. The van der Waals surface area contributed by atoms with E-state index in [4.69, 9.17) is 14.2 Å². The fraction of sp³-hybridized carbons (Fsp3) is 0.667. The summed E-state index contributed by atoms with van der Waals surface area (Å²) in [5, 5.41) is 3.55. The molecule has 3 rings (SSSR count). The highest BCUT2D eigenvalue weighted by Gasteiger charge is 2.28. The number of rotatable bonds is 9. The molecule has 1 aliphatic heterocycles. The molecular weight excluding hydrogens is 356 g/mol. The lowest BCUT2D eigenvalue weighted by Gasteiger charge is -2.32. The maximum atomic E-state index is 5.47. The summed E-state index contributed by atoms with van der Waals surface area (Å²) < 4.78 is 16.2. The van der Waals surface area contributed by atoms with Crippen LogP contribution in [-0.4, -0.2) is 83.0 Å². The lowest BCUT2D eigenvalue weighted by molar-refractivity contribution is 0.144.